The van der Waals surface area contributed by atoms with E-state index in [0.717, 1.165) is 5.56 Å². The van der Waals surface area contributed by atoms with Crippen LogP contribution in [-0.4, -0.2) is 0 Å². The number of benzene rings is 1. The predicted molar refractivity (Wildman–Crippen MR) is 54.1 cm³/mol. The van der Waals surface area contributed by atoms with Gasteiger partial charge in [0.2, 0.25) is 0 Å². The van der Waals surface area contributed by atoms with Crippen molar-refractivity contribution >= 4 is 0 Å². The molecular weight excluding hydrogens is 422 g/mol. The van der Waals surface area contributed by atoms with Gasteiger partial charge in [0, 0.05) is 21.1 Å². The fourth-order valence-corrected chi connectivity index (χ4v) is 0.596. The minimum atomic E-state index is 0. The molecule has 0 aromatic heterocycles. The first kappa shape index (κ1) is 36.0. The molecule has 1 aromatic rings. The third-order valence-corrected chi connectivity index (χ3v) is 1.05. The summed E-state index contributed by atoms with van der Waals surface area (Å²) in [6, 6.07) is 9.76. The summed E-state index contributed by atoms with van der Waals surface area (Å²) in [6.45, 7) is 22.9. The largest absolute Gasteiger partial charge is 0.674 e. The van der Waals surface area contributed by atoms with Crippen LogP contribution in [0.1, 0.15) is 5.56 Å². The molecule has 98 valence electrons. The minimum Gasteiger partial charge on any atom is -0.674 e. The molecule has 1 rings (SSSR count). The Morgan fingerprint density at radius 1 is 0.684 bits per heavy atom. The summed E-state index contributed by atoms with van der Waals surface area (Å²) < 4.78 is 37.5. The maximum atomic E-state index is 7.50. The van der Waals surface area contributed by atoms with Crippen LogP contribution in [-0.2, 0) is 50.9 Å². The number of rotatable bonds is 1. The Balaban J connectivity index is -0.0000000332. The smallest absolute Gasteiger partial charge is 0 e. The maximum absolute atomic E-state index is 7.50. The first-order valence-electron chi connectivity index (χ1n) is 3.64. The second-order valence-electron chi connectivity index (χ2n) is 1.66. The van der Waals surface area contributed by atoms with Crippen molar-refractivity contribution in [1.29, 1.82) is 0 Å². The zero-order valence-corrected chi connectivity index (χ0v) is 12.5. The van der Waals surface area contributed by atoms with E-state index < -0.39 is 0 Å². The first-order chi connectivity index (χ1) is 8.93. The van der Waals surface area contributed by atoms with Crippen LogP contribution in [0.25, 0.3) is 5.73 Å². The van der Waals surface area contributed by atoms with E-state index >= 15 is 0 Å². The van der Waals surface area contributed by atoms with Gasteiger partial charge in [0.25, 0.3) is 0 Å². The van der Waals surface area contributed by atoms with Gasteiger partial charge in [-0.2, -0.15) is 0 Å². The van der Waals surface area contributed by atoms with E-state index in [9.17, 15) is 0 Å². The first-order valence-corrected chi connectivity index (χ1v) is 3.64. The van der Waals surface area contributed by atoms with Gasteiger partial charge in [-0.15, -0.1) is 6.54 Å². The summed E-state index contributed by atoms with van der Waals surface area (Å²) in [6.07, 6.45) is 0. The predicted octanol–water partition coefficient (Wildman–Crippen LogP) is 2.05. The molecule has 6 nitrogen and oxygen atoms in total. The molecule has 0 aliphatic heterocycles. The molecule has 0 bridgehead atoms. The molecule has 0 aliphatic rings. The van der Waals surface area contributed by atoms with Crippen LogP contribution in [0.5, 0.6) is 0 Å². The molecule has 1 aromatic carbocycles. The Labute approximate surface area is 126 Å². The van der Waals surface area contributed by atoms with Crippen LogP contribution >= 0.6 is 0 Å². The van der Waals surface area contributed by atoms with E-state index in [2.05, 4.69) is 33.3 Å². The van der Waals surface area contributed by atoms with Gasteiger partial charge in [0.15, 0.2) is 0 Å². The van der Waals surface area contributed by atoms with Crippen LogP contribution in [0.15, 0.2) is 30.3 Å². The summed E-state index contributed by atoms with van der Waals surface area (Å²) in [5.41, 5.74) is 8.02. The van der Waals surface area contributed by atoms with Gasteiger partial charge in [0.05, 0.1) is 0 Å². The summed E-state index contributed by atoms with van der Waals surface area (Å²) in [5, 5.41) is 0. The number of hydrogen-bond acceptors (Lipinski definition) is 0. The van der Waals surface area contributed by atoms with Crippen molar-refractivity contribution < 1.29 is 44.3 Å². The molecule has 1 N–H and O–H groups in total. The van der Waals surface area contributed by atoms with Gasteiger partial charge in [-0.25, -0.2) is 0 Å². The van der Waals surface area contributed by atoms with Gasteiger partial charge in [-0.1, -0.05) is 35.9 Å². The number of hydrogen-bond donors (Lipinski definition) is 0. The zero-order valence-electron chi connectivity index (χ0n) is 9.54. The van der Waals surface area contributed by atoms with Gasteiger partial charge >= 0.3 is 56.5 Å². The number of nitrogens with one attached hydrogen (secondary N) is 1. The SMILES string of the molecule is [C-]#[O+].[C-]#[O+].[C-]#[O+].[C-]#[O+].[C-]#[O+].[NH-]Cc1ccccc1.[W]. The second-order valence-corrected chi connectivity index (χ2v) is 1.66. The van der Waals surface area contributed by atoms with Crippen molar-refractivity contribution in [2.45, 2.75) is 6.54 Å². The standard InChI is InChI=1S/C7H8N.5CO.W/c8-6-7-4-2-1-3-5-7;5*1-2;/h1-5,8H,6H2;;;;;;/q-1;;;;;;. The minimum absolute atomic E-state index is 0. The van der Waals surface area contributed by atoms with Crippen molar-refractivity contribution in [2.75, 3.05) is 0 Å². The molecule has 0 atom stereocenters. The molecule has 0 spiro atoms. The van der Waals surface area contributed by atoms with Crippen LogP contribution in [0.2, 0.25) is 0 Å². The van der Waals surface area contributed by atoms with Crippen molar-refractivity contribution in [2.24, 2.45) is 0 Å². The topological polar surface area (TPSA) is 123 Å². The third-order valence-electron chi connectivity index (χ3n) is 1.05. The molecule has 0 radical (unpaired) electrons. The van der Waals surface area contributed by atoms with E-state index in [4.69, 9.17) is 29.0 Å². The van der Waals surface area contributed by atoms with Gasteiger partial charge in [0.1, 0.15) is 0 Å². The molecule has 0 fully saturated rings. The van der Waals surface area contributed by atoms with E-state index in [1.54, 1.807) is 0 Å². The normalized spacial score (nSPS) is 4.37. The van der Waals surface area contributed by atoms with E-state index in [1.807, 2.05) is 30.3 Å². The third kappa shape index (κ3) is 47.9. The van der Waals surface area contributed by atoms with Gasteiger partial charge < -0.3 is 5.73 Å². The zero-order chi connectivity index (χ0) is 15.8. The Hall–Kier alpha value is -1.43. The molecule has 0 aliphatic carbocycles. The Kier molecular flexibility index (Phi) is 133. The summed E-state index contributed by atoms with van der Waals surface area (Å²) in [4.78, 5) is 0. The van der Waals surface area contributed by atoms with E-state index in [0.29, 0.717) is 6.54 Å². The molecule has 7 heteroatoms. The van der Waals surface area contributed by atoms with Gasteiger partial charge in [-0.3, -0.25) is 0 Å². The molecule has 0 amide bonds. The second kappa shape index (κ2) is 70.1. The average Bonchev–Trinajstić information content (AvgIpc) is 2.57. The monoisotopic (exact) mass is 430 g/mol. The Morgan fingerprint density at radius 2 is 0.947 bits per heavy atom. The van der Waals surface area contributed by atoms with Crippen molar-refractivity contribution in [3.8, 4) is 0 Å². The summed E-state index contributed by atoms with van der Waals surface area (Å²) in [5.74, 6) is 0. The fourth-order valence-electron chi connectivity index (χ4n) is 0.596. The Bertz CT molecular complexity index is 295. The molecule has 0 saturated carbocycles. The van der Waals surface area contributed by atoms with Crippen LogP contribution in [0.4, 0.5) is 0 Å². The molecule has 19 heavy (non-hydrogen) atoms. The molecule has 0 saturated heterocycles. The molecule has 0 unspecified atom stereocenters. The summed E-state index contributed by atoms with van der Waals surface area (Å²) in [7, 11) is 0. The van der Waals surface area contributed by atoms with Crippen LogP contribution in [0.3, 0.4) is 0 Å². The quantitative estimate of drug-likeness (QED) is 0.478. The maximum Gasteiger partial charge on any atom is 0 e. The van der Waals surface area contributed by atoms with Crippen LogP contribution in [0, 0.1) is 33.3 Å². The summed E-state index contributed by atoms with van der Waals surface area (Å²) >= 11 is 0. The van der Waals surface area contributed by atoms with E-state index in [-0.39, 0.29) is 21.1 Å². The fraction of sp³-hybridized carbons (Fsp3) is 0.0833. The Morgan fingerprint density at radius 3 is 1.11 bits per heavy atom. The van der Waals surface area contributed by atoms with E-state index in [1.165, 1.54) is 0 Å². The van der Waals surface area contributed by atoms with Crippen molar-refractivity contribution in [1.82, 2.24) is 0 Å². The molecule has 0 heterocycles. The van der Waals surface area contributed by atoms with Crippen LogP contribution < -0.4 is 0 Å². The molecular formula is C12H8NO5W-. The van der Waals surface area contributed by atoms with Crippen molar-refractivity contribution in [3.05, 3.63) is 74.9 Å². The van der Waals surface area contributed by atoms with Crippen molar-refractivity contribution in [3.63, 3.8) is 0 Å². The average molecular weight is 430 g/mol. The van der Waals surface area contributed by atoms with Gasteiger partial charge in [-0.05, 0) is 0 Å².